The summed E-state index contributed by atoms with van der Waals surface area (Å²) in [7, 11) is 0. The van der Waals surface area contributed by atoms with Gasteiger partial charge in [-0.25, -0.2) is 9.97 Å². The van der Waals surface area contributed by atoms with Gasteiger partial charge < -0.3 is 4.90 Å². The third-order valence-electron chi connectivity index (χ3n) is 3.93. The molecule has 0 amide bonds. The molecule has 0 bridgehead atoms. The number of hydrogen-bond donors (Lipinski definition) is 0. The zero-order valence-corrected chi connectivity index (χ0v) is 12.2. The lowest BCUT2D eigenvalue weighted by molar-refractivity contribution is 0.351. The van der Waals surface area contributed by atoms with Crippen molar-refractivity contribution < 1.29 is 0 Å². The third-order valence-corrected chi connectivity index (χ3v) is 4.11. The first-order chi connectivity index (χ1) is 8.58. The molecule has 1 aromatic heterocycles. The molecule has 0 saturated carbocycles. The summed E-state index contributed by atoms with van der Waals surface area (Å²) in [5.74, 6) is 2.63. The van der Waals surface area contributed by atoms with E-state index in [1.54, 1.807) is 0 Å². The van der Waals surface area contributed by atoms with E-state index in [-0.39, 0.29) is 0 Å². The molecule has 1 aliphatic heterocycles. The molecule has 0 aliphatic carbocycles. The maximum atomic E-state index is 5.91. The number of hydrogen-bond acceptors (Lipinski definition) is 3. The highest BCUT2D eigenvalue weighted by Gasteiger charge is 2.21. The van der Waals surface area contributed by atoms with Crippen LogP contribution in [-0.2, 0) is 0 Å². The number of aryl methyl sites for hydroxylation is 1. The Morgan fingerprint density at radius 3 is 2.83 bits per heavy atom. The number of nitrogens with zero attached hydrogens (tertiary/aromatic N) is 3. The average molecular weight is 268 g/mol. The van der Waals surface area contributed by atoms with Crippen molar-refractivity contribution in [3.8, 4) is 0 Å². The Hall–Kier alpha value is -0.830. The summed E-state index contributed by atoms with van der Waals surface area (Å²) in [5, 5.41) is 0.347. The molecular formula is C14H22ClN3. The molecule has 1 aromatic rings. The van der Waals surface area contributed by atoms with Crippen LogP contribution in [0.15, 0.2) is 6.20 Å². The predicted molar refractivity (Wildman–Crippen MR) is 76.2 cm³/mol. The predicted octanol–water partition coefficient (Wildman–Crippen LogP) is 3.70. The van der Waals surface area contributed by atoms with Gasteiger partial charge >= 0.3 is 0 Å². The van der Waals surface area contributed by atoms with Gasteiger partial charge in [0.05, 0.1) is 0 Å². The van der Waals surface area contributed by atoms with E-state index in [2.05, 4.69) is 35.6 Å². The van der Waals surface area contributed by atoms with Crippen LogP contribution in [0.4, 0.5) is 5.82 Å². The largest absolute Gasteiger partial charge is 0.356 e. The summed E-state index contributed by atoms with van der Waals surface area (Å²) < 4.78 is 0. The van der Waals surface area contributed by atoms with Crippen molar-refractivity contribution in [2.45, 2.75) is 40.0 Å². The summed E-state index contributed by atoms with van der Waals surface area (Å²) in [6.07, 6.45) is 5.63. The van der Waals surface area contributed by atoms with Gasteiger partial charge in [0.2, 0.25) is 5.28 Å². The van der Waals surface area contributed by atoms with E-state index >= 15 is 0 Å². The fourth-order valence-corrected chi connectivity index (χ4v) is 2.86. The van der Waals surface area contributed by atoms with Gasteiger partial charge in [-0.05, 0) is 49.6 Å². The van der Waals surface area contributed by atoms with Crippen LogP contribution in [0.2, 0.25) is 5.28 Å². The lowest BCUT2D eigenvalue weighted by Crippen LogP contribution is -2.26. The molecule has 0 aromatic carbocycles. The van der Waals surface area contributed by atoms with Crippen LogP contribution in [0.25, 0.3) is 0 Å². The molecule has 1 fully saturated rings. The molecule has 2 rings (SSSR count). The van der Waals surface area contributed by atoms with Crippen LogP contribution >= 0.6 is 11.6 Å². The van der Waals surface area contributed by atoms with Gasteiger partial charge in [0, 0.05) is 24.8 Å². The van der Waals surface area contributed by atoms with Gasteiger partial charge in [0.1, 0.15) is 5.82 Å². The molecule has 0 radical (unpaired) electrons. The summed E-state index contributed by atoms with van der Waals surface area (Å²) in [4.78, 5) is 10.8. The Morgan fingerprint density at radius 2 is 2.11 bits per heavy atom. The summed E-state index contributed by atoms with van der Waals surface area (Å²) in [6.45, 7) is 8.87. The molecule has 3 nitrogen and oxygen atoms in total. The zero-order valence-electron chi connectivity index (χ0n) is 11.5. The van der Waals surface area contributed by atoms with Crippen molar-refractivity contribution in [1.29, 1.82) is 0 Å². The Morgan fingerprint density at radius 1 is 1.33 bits per heavy atom. The fourth-order valence-electron chi connectivity index (χ4n) is 2.73. The Labute approximate surface area is 115 Å². The smallest absolute Gasteiger partial charge is 0.224 e. The summed E-state index contributed by atoms with van der Waals surface area (Å²) in [6, 6.07) is 0. The van der Waals surface area contributed by atoms with Crippen LogP contribution in [0.1, 0.15) is 38.7 Å². The molecule has 0 spiro atoms. The van der Waals surface area contributed by atoms with Crippen molar-refractivity contribution in [1.82, 2.24) is 9.97 Å². The van der Waals surface area contributed by atoms with Crippen molar-refractivity contribution >= 4 is 17.4 Å². The van der Waals surface area contributed by atoms with Crippen LogP contribution in [0, 0.1) is 18.8 Å². The van der Waals surface area contributed by atoms with Crippen molar-refractivity contribution in [2.75, 3.05) is 18.0 Å². The van der Waals surface area contributed by atoms with E-state index in [0.29, 0.717) is 5.28 Å². The average Bonchev–Trinajstić information content (AvgIpc) is 2.58. The van der Waals surface area contributed by atoms with E-state index < -0.39 is 0 Å². The molecule has 100 valence electrons. The molecule has 2 heterocycles. The normalized spacial score (nSPS) is 21.2. The van der Waals surface area contributed by atoms with Gasteiger partial charge in [0.15, 0.2) is 0 Å². The van der Waals surface area contributed by atoms with E-state index in [1.807, 2.05) is 6.20 Å². The van der Waals surface area contributed by atoms with E-state index in [4.69, 9.17) is 11.6 Å². The fraction of sp³-hybridized carbons (Fsp3) is 0.714. The second kappa shape index (κ2) is 5.87. The minimum atomic E-state index is 0.347. The quantitative estimate of drug-likeness (QED) is 0.765. The second-order valence-corrected chi connectivity index (χ2v) is 5.91. The van der Waals surface area contributed by atoms with Gasteiger partial charge in [0.25, 0.3) is 0 Å². The number of aromatic nitrogens is 2. The van der Waals surface area contributed by atoms with Crippen molar-refractivity contribution in [3.63, 3.8) is 0 Å². The second-order valence-electron chi connectivity index (χ2n) is 5.57. The summed E-state index contributed by atoms with van der Waals surface area (Å²) in [5.41, 5.74) is 1.11. The highest BCUT2D eigenvalue weighted by molar-refractivity contribution is 6.28. The maximum Gasteiger partial charge on any atom is 0.224 e. The Kier molecular flexibility index (Phi) is 4.44. The molecule has 1 atom stereocenters. The SMILES string of the molecule is Cc1cnc(Cl)nc1N1CCCC(C(C)C)CC1. The third kappa shape index (κ3) is 3.14. The lowest BCUT2D eigenvalue weighted by Gasteiger charge is -2.23. The minimum absolute atomic E-state index is 0.347. The van der Waals surface area contributed by atoms with Crippen LogP contribution < -0.4 is 4.90 Å². The van der Waals surface area contributed by atoms with Gasteiger partial charge in [-0.2, -0.15) is 0 Å². The molecule has 1 saturated heterocycles. The molecule has 4 heteroatoms. The minimum Gasteiger partial charge on any atom is -0.356 e. The monoisotopic (exact) mass is 267 g/mol. The van der Waals surface area contributed by atoms with Gasteiger partial charge in [-0.1, -0.05) is 13.8 Å². The Balaban J connectivity index is 2.12. The standard InChI is InChI=1S/C14H22ClN3/c1-10(2)12-5-4-7-18(8-6-12)13-11(3)9-16-14(15)17-13/h9-10,12H,4-8H2,1-3H3. The molecule has 18 heavy (non-hydrogen) atoms. The number of halogens is 1. The molecular weight excluding hydrogens is 246 g/mol. The van der Waals surface area contributed by atoms with Crippen LogP contribution in [0.5, 0.6) is 0 Å². The maximum absolute atomic E-state index is 5.91. The van der Waals surface area contributed by atoms with Crippen molar-refractivity contribution in [3.05, 3.63) is 17.0 Å². The van der Waals surface area contributed by atoms with Crippen molar-refractivity contribution in [2.24, 2.45) is 11.8 Å². The first-order valence-corrected chi connectivity index (χ1v) is 7.20. The van der Waals surface area contributed by atoms with Gasteiger partial charge in [-0.3, -0.25) is 0 Å². The molecule has 1 unspecified atom stereocenters. The van der Waals surface area contributed by atoms with Crippen LogP contribution in [-0.4, -0.2) is 23.1 Å². The highest BCUT2D eigenvalue weighted by Crippen LogP contribution is 2.28. The highest BCUT2D eigenvalue weighted by atomic mass is 35.5. The molecule has 0 N–H and O–H groups in total. The Bertz CT molecular complexity index is 406. The topological polar surface area (TPSA) is 29.0 Å². The summed E-state index contributed by atoms with van der Waals surface area (Å²) >= 11 is 5.91. The van der Waals surface area contributed by atoms with E-state index in [1.165, 1.54) is 19.3 Å². The van der Waals surface area contributed by atoms with Gasteiger partial charge in [-0.15, -0.1) is 0 Å². The first kappa shape index (κ1) is 13.6. The van der Waals surface area contributed by atoms with E-state index in [9.17, 15) is 0 Å². The van der Waals surface area contributed by atoms with E-state index in [0.717, 1.165) is 36.3 Å². The number of rotatable bonds is 2. The zero-order chi connectivity index (χ0) is 13.1. The molecule has 1 aliphatic rings. The number of anilines is 1. The van der Waals surface area contributed by atoms with Crippen LogP contribution in [0.3, 0.4) is 0 Å². The lowest BCUT2D eigenvalue weighted by atomic mass is 9.89. The first-order valence-electron chi connectivity index (χ1n) is 6.82.